The lowest BCUT2D eigenvalue weighted by molar-refractivity contribution is -0.137. The van der Waals surface area contributed by atoms with E-state index in [0.717, 1.165) is 0 Å². The number of nitrogens with one attached hydrogen (secondary N) is 2. The van der Waals surface area contributed by atoms with Gasteiger partial charge in [0.25, 0.3) is 5.91 Å². The summed E-state index contributed by atoms with van der Waals surface area (Å²) in [4.78, 5) is 25.1. The molecule has 0 radical (unpaired) electrons. The average Bonchev–Trinajstić information content (AvgIpc) is 2.59. The van der Waals surface area contributed by atoms with Gasteiger partial charge in [0.05, 0.1) is 16.6 Å². The summed E-state index contributed by atoms with van der Waals surface area (Å²) in [6.45, 7) is 1.76. The van der Waals surface area contributed by atoms with Crippen LogP contribution in [0.15, 0.2) is 18.2 Å². The maximum absolute atomic E-state index is 12.6. The second-order valence-electron chi connectivity index (χ2n) is 5.57. The first-order chi connectivity index (χ1) is 12.3. The second-order valence-corrected chi connectivity index (χ2v) is 7.40. The van der Waals surface area contributed by atoms with E-state index < -0.39 is 18.2 Å². The van der Waals surface area contributed by atoms with Gasteiger partial charge in [-0.15, -0.1) is 0 Å². The molecule has 0 saturated heterocycles. The van der Waals surface area contributed by atoms with Crippen molar-refractivity contribution >= 4 is 46.8 Å². The summed E-state index contributed by atoms with van der Waals surface area (Å²) in [6, 6.07) is 3.49. The zero-order chi connectivity index (χ0) is 19.7. The van der Waals surface area contributed by atoms with E-state index in [4.69, 9.17) is 32.7 Å². The molecule has 6 nitrogen and oxygen atoms in total. The number of amides is 2. The van der Waals surface area contributed by atoms with E-state index in [0.29, 0.717) is 17.2 Å². The minimum absolute atomic E-state index is 0.228. The Balaban J connectivity index is 2.85. The first kappa shape index (κ1) is 23.0. The number of benzene rings is 1. The Bertz CT molecular complexity index is 614. The van der Waals surface area contributed by atoms with Crippen molar-refractivity contribution < 1.29 is 19.1 Å². The zero-order valence-corrected chi connectivity index (χ0v) is 17.5. The number of halogens is 2. The molecule has 0 fully saturated rings. The van der Waals surface area contributed by atoms with Gasteiger partial charge < -0.3 is 20.1 Å². The van der Waals surface area contributed by atoms with E-state index in [-0.39, 0.29) is 22.5 Å². The van der Waals surface area contributed by atoms with Crippen LogP contribution < -0.4 is 10.6 Å². The molecule has 9 heteroatoms. The third kappa shape index (κ3) is 6.96. The Morgan fingerprint density at radius 3 is 2.38 bits per heavy atom. The number of hydrogen-bond donors (Lipinski definition) is 2. The fourth-order valence-electron chi connectivity index (χ4n) is 2.31. The van der Waals surface area contributed by atoms with Crippen molar-refractivity contribution in [3.05, 3.63) is 33.8 Å². The predicted molar refractivity (Wildman–Crippen MR) is 106 cm³/mol. The first-order valence-corrected chi connectivity index (χ1v) is 10.1. The standard InChI is InChI=1S/C17H24Cl2N2O4S/c1-10(17(24-2)25-3)20-16(23)14(7-8-26-4)21-15(22)12-6-5-11(18)9-13(12)19/h5-6,9-10,14,17H,7-8H2,1-4H3,(H,20,23)(H,21,22)/t10-,14-/m1/s1. The van der Waals surface area contributed by atoms with Crippen LogP contribution in [-0.2, 0) is 14.3 Å². The predicted octanol–water partition coefficient (Wildman–Crippen LogP) is 2.97. The second kappa shape index (κ2) is 11.7. The molecule has 0 aliphatic rings. The van der Waals surface area contributed by atoms with E-state index in [1.165, 1.54) is 26.4 Å². The molecule has 1 aromatic rings. The number of rotatable bonds is 10. The maximum atomic E-state index is 12.6. The molecule has 146 valence electrons. The highest BCUT2D eigenvalue weighted by molar-refractivity contribution is 7.98. The molecular weight excluding hydrogens is 399 g/mol. The van der Waals surface area contributed by atoms with Crippen molar-refractivity contribution in [2.75, 3.05) is 26.2 Å². The number of methoxy groups -OCH3 is 2. The molecule has 0 saturated carbocycles. The van der Waals surface area contributed by atoms with E-state index in [1.54, 1.807) is 24.8 Å². The van der Waals surface area contributed by atoms with Crippen molar-refractivity contribution in [2.45, 2.75) is 31.7 Å². The zero-order valence-electron chi connectivity index (χ0n) is 15.2. The van der Waals surface area contributed by atoms with E-state index in [9.17, 15) is 9.59 Å². The maximum Gasteiger partial charge on any atom is 0.253 e. The summed E-state index contributed by atoms with van der Waals surface area (Å²) >= 11 is 13.5. The molecule has 2 amide bonds. The third-order valence-electron chi connectivity index (χ3n) is 3.65. The van der Waals surface area contributed by atoms with E-state index >= 15 is 0 Å². The van der Waals surface area contributed by atoms with Gasteiger partial charge in [-0.25, -0.2) is 0 Å². The molecule has 2 atom stereocenters. The van der Waals surface area contributed by atoms with Crippen molar-refractivity contribution in [1.82, 2.24) is 10.6 Å². The van der Waals surface area contributed by atoms with E-state index in [2.05, 4.69) is 10.6 Å². The quantitative estimate of drug-likeness (QED) is 0.566. The Morgan fingerprint density at radius 2 is 1.85 bits per heavy atom. The highest BCUT2D eigenvalue weighted by Crippen LogP contribution is 2.21. The van der Waals surface area contributed by atoms with Crippen LogP contribution in [0.3, 0.4) is 0 Å². The number of hydrogen-bond acceptors (Lipinski definition) is 5. The van der Waals surface area contributed by atoms with Gasteiger partial charge in [0.15, 0.2) is 6.29 Å². The van der Waals surface area contributed by atoms with Crippen molar-refractivity contribution in [2.24, 2.45) is 0 Å². The molecule has 0 aromatic heterocycles. The lowest BCUT2D eigenvalue weighted by Crippen LogP contribution is -2.52. The Labute approximate surface area is 168 Å². The molecule has 0 heterocycles. The van der Waals surface area contributed by atoms with Gasteiger partial charge in [0.1, 0.15) is 6.04 Å². The van der Waals surface area contributed by atoms with Gasteiger partial charge in [-0.3, -0.25) is 9.59 Å². The van der Waals surface area contributed by atoms with Crippen LogP contribution in [0.2, 0.25) is 10.0 Å². The highest BCUT2D eigenvalue weighted by atomic mass is 35.5. The average molecular weight is 423 g/mol. The molecular formula is C17H24Cl2N2O4S. The molecule has 1 rings (SSSR count). The molecule has 2 N–H and O–H groups in total. The fourth-order valence-corrected chi connectivity index (χ4v) is 3.28. The Morgan fingerprint density at radius 1 is 1.19 bits per heavy atom. The van der Waals surface area contributed by atoms with Gasteiger partial charge in [0, 0.05) is 19.2 Å². The summed E-state index contributed by atoms with van der Waals surface area (Å²) in [5.74, 6) is -0.0429. The fraction of sp³-hybridized carbons (Fsp3) is 0.529. The van der Waals surface area contributed by atoms with Crippen LogP contribution in [0.25, 0.3) is 0 Å². The van der Waals surface area contributed by atoms with Crippen LogP contribution >= 0.6 is 35.0 Å². The minimum Gasteiger partial charge on any atom is -0.354 e. The van der Waals surface area contributed by atoms with Crippen molar-refractivity contribution in [3.63, 3.8) is 0 Å². The van der Waals surface area contributed by atoms with Crippen LogP contribution in [0.4, 0.5) is 0 Å². The van der Waals surface area contributed by atoms with Crippen LogP contribution in [0.5, 0.6) is 0 Å². The summed E-state index contributed by atoms with van der Waals surface area (Å²) in [6.07, 6.45) is 1.82. The van der Waals surface area contributed by atoms with Gasteiger partial charge >= 0.3 is 0 Å². The monoisotopic (exact) mass is 422 g/mol. The molecule has 26 heavy (non-hydrogen) atoms. The number of carbonyl (C=O) groups excluding carboxylic acids is 2. The Kier molecular flexibility index (Phi) is 10.3. The summed E-state index contributed by atoms with van der Waals surface area (Å²) in [7, 11) is 2.98. The largest absolute Gasteiger partial charge is 0.354 e. The molecule has 0 bridgehead atoms. The molecule has 1 aromatic carbocycles. The summed E-state index contributed by atoms with van der Waals surface area (Å²) in [5, 5.41) is 6.20. The number of thioether (sulfide) groups is 1. The normalized spacial score (nSPS) is 13.3. The van der Waals surface area contributed by atoms with Crippen LogP contribution in [0.1, 0.15) is 23.7 Å². The van der Waals surface area contributed by atoms with Gasteiger partial charge in [-0.05, 0) is 43.6 Å². The van der Waals surface area contributed by atoms with Gasteiger partial charge in [-0.1, -0.05) is 23.2 Å². The van der Waals surface area contributed by atoms with Crippen LogP contribution in [0, 0.1) is 0 Å². The van der Waals surface area contributed by atoms with Gasteiger partial charge in [0.2, 0.25) is 5.91 Å². The third-order valence-corrected chi connectivity index (χ3v) is 4.84. The van der Waals surface area contributed by atoms with E-state index in [1.807, 2.05) is 6.26 Å². The highest BCUT2D eigenvalue weighted by Gasteiger charge is 2.26. The molecule has 0 spiro atoms. The lowest BCUT2D eigenvalue weighted by atomic mass is 10.1. The van der Waals surface area contributed by atoms with Crippen molar-refractivity contribution in [3.8, 4) is 0 Å². The minimum atomic E-state index is -0.710. The SMILES string of the molecule is COC(OC)[C@@H](C)NC(=O)[C@@H](CCSC)NC(=O)c1ccc(Cl)cc1Cl. The van der Waals surface area contributed by atoms with Crippen molar-refractivity contribution in [1.29, 1.82) is 0 Å². The molecule has 0 aliphatic carbocycles. The van der Waals surface area contributed by atoms with Gasteiger partial charge in [-0.2, -0.15) is 11.8 Å². The molecule has 0 unspecified atom stereocenters. The molecule has 0 aliphatic heterocycles. The smallest absolute Gasteiger partial charge is 0.253 e. The number of carbonyl (C=O) groups is 2. The Hall–Kier alpha value is -0.990. The topological polar surface area (TPSA) is 76.7 Å². The van der Waals surface area contributed by atoms with Crippen LogP contribution in [-0.4, -0.2) is 56.4 Å². The first-order valence-electron chi connectivity index (χ1n) is 7.94. The summed E-state index contributed by atoms with van der Waals surface area (Å²) in [5.41, 5.74) is 0.262. The lowest BCUT2D eigenvalue weighted by Gasteiger charge is -2.25. The number of ether oxygens (including phenoxy) is 2. The summed E-state index contributed by atoms with van der Waals surface area (Å²) < 4.78 is 10.3.